The number of H-pyrrole nitrogens is 1. The average molecular weight is 352 g/mol. The van der Waals surface area contributed by atoms with E-state index in [-0.39, 0.29) is 12.1 Å². The van der Waals surface area contributed by atoms with E-state index in [0.29, 0.717) is 13.1 Å². The fraction of sp³-hybridized carbons (Fsp3) is 0.421. The summed E-state index contributed by atoms with van der Waals surface area (Å²) in [5.74, 6) is 0. The SMILES string of the molecule is Cc1[nH]c2ccc(CNC(=O)N3CCC[C@H]3Cn3ccnn3)cc2c1C. The molecule has 3 aromatic rings. The number of hydrogen-bond donors (Lipinski definition) is 2. The van der Waals surface area contributed by atoms with Gasteiger partial charge in [0.05, 0.1) is 18.8 Å². The maximum absolute atomic E-state index is 12.7. The van der Waals surface area contributed by atoms with Gasteiger partial charge in [0.15, 0.2) is 0 Å². The monoisotopic (exact) mass is 352 g/mol. The molecular weight excluding hydrogens is 328 g/mol. The number of fused-ring (bicyclic) bond motifs is 1. The molecule has 0 radical (unpaired) electrons. The topological polar surface area (TPSA) is 78.8 Å². The summed E-state index contributed by atoms with van der Waals surface area (Å²) >= 11 is 0. The summed E-state index contributed by atoms with van der Waals surface area (Å²) in [6, 6.07) is 6.48. The van der Waals surface area contributed by atoms with Gasteiger partial charge in [-0.3, -0.25) is 4.68 Å². The molecule has 0 saturated carbocycles. The summed E-state index contributed by atoms with van der Waals surface area (Å²) in [5, 5.41) is 12.1. The van der Waals surface area contributed by atoms with Crippen molar-refractivity contribution in [3.63, 3.8) is 0 Å². The molecule has 0 aliphatic carbocycles. The van der Waals surface area contributed by atoms with Crippen molar-refractivity contribution in [3.05, 3.63) is 47.4 Å². The maximum atomic E-state index is 12.7. The number of nitrogens with one attached hydrogen (secondary N) is 2. The van der Waals surface area contributed by atoms with Crippen LogP contribution in [-0.2, 0) is 13.1 Å². The highest BCUT2D eigenvalue weighted by Crippen LogP contribution is 2.23. The van der Waals surface area contributed by atoms with Crippen molar-refractivity contribution in [2.75, 3.05) is 6.54 Å². The molecule has 1 atom stereocenters. The summed E-state index contributed by atoms with van der Waals surface area (Å²) in [5.41, 5.74) is 4.71. The molecule has 0 unspecified atom stereocenters. The third kappa shape index (κ3) is 3.16. The number of aromatic nitrogens is 4. The largest absolute Gasteiger partial charge is 0.358 e. The van der Waals surface area contributed by atoms with Gasteiger partial charge in [-0.15, -0.1) is 5.10 Å². The number of carbonyl (C=O) groups is 1. The van der Waals surface area contributed by atoms with Crippen LogP contribution in [0.5, 0.6) is 0 Å². The Bertz CT molecular complexity index is 914. The zero-order chi connectivity index (χ0) is 18.1. The molecule has 3 heterocycles. The van der Waals surface area contributed by atoms with Gasteiger partial charge >= 0.3 is 6.03 Å². The van der Waals surface area contributed by atoms with E-state index in [0.717, 1.165) is 30.5 Å². The summed E-state index contributed by atoms with van der Waals surface area (Å²) in [4.78, 5) is 18.0. The van der Waals surface area contributed by atoms with Gasteiger partial charge in [-0.05, 0) is 49.9 Å². The lowest BCUT2D eigenvalue weighted by Crippen LogP contribution is -2.44. The second-order valence-electron chi connectivity index (χ2n) is 7.03. The molecule has 7 heteroatoms. The molecule has 2 aromatic heterocycles. The van der Waals surface area contributed by atoms with Gasteiger partial charge in [0.2, 0.25) is 0 Å². The molecule has 2 amide bonds. The van der Waals surface area contributed by atoms with E-state index in [9.17, 15) is 4.79 Å². The predicted molar refractivity (Wildman–Crippen MR) is 99.8 cm³/mol. The van der Waals surface area contributed by atoms with Gasteiger partial charge in [0.25, 0.3) is 0 Å². The van der Waals surface area contributed by atoms with Gasteiger partial charge in [-0.25, -0.2) is 4.79 Å². The second-order valence-corrected chi connectivity index (χ2v) is 7.03. The fourth-order valence-electron chi connectivity index (χ4n) is 3.74. The van der Waals surface area contributed by atoms with E-state index in [2.05, 4.69) is 52.7 Å². The molecule has 4 rings (SSSR count). The van der Waals surface area contributed by atoms with Crippen molar-refractivity contribution in [1.29, 1.82) is 0 Å². The second kappa shape index (κ2) is 6.82. The van der Waals surface area contributed by atoms with Crippen molar-refractivity contribution in [2.45, 2.75) is 45.8 Å². The van der Waals surface area contributed by atoms with Gasteiger partial charge in [-0.2, -0.15) is 0 Å². The molecular formula is C19H24N6O. The standard InChI is InChI=1S/C19H24N6O/c1-13-14(2)22-18-6-5-15(10-17(13)18)11-20-19(26)25-8-3-4-16(25)12-24-9-7-21-23-24/h5-7,9-10,16,22H,3-4,8,11-12H2,1-2H3,(H,20,26)/t16-/m0/s1. The summed E-state index contributed by atoms with van der Waals surface area (Å²) < 4.78 is 1.79. The van der Waals surface area contributed by atoms with E-state index in [4.69, 9.17) is 0 Å². The number of carbonyl (C=O) groups excluding carboxylic acids is 1. The van der Waals surface area contributed by atoms with Crippen LogP contribution in [0.25, 0.3) is 10.9 Å². The smallest absolute Gasteiger partial charge is 0.317 e. The summed E-state index contributed by atoms with van der Waals surface area (Å²) in [6.45, 7) is 6.22. The number of hydrogen-bond acceptors (Lipinski definition) is 3. The Morgan fingerprint density at radius 3 is 3.08 bits per heavy atom. The molecule has 0 spiro atoms. The van der Waals surface area contributed by atoms with Gasteiger partial charge in [-0.1, -0.05) is 11.3 Å². The number of amides is 2. The average Bonchev–Trinajstić information content (AvgIpc) is 3.36. The van der Waals surface area contributed by atoms with Crippen LogP contribution >= 0.6 is 0 Å². The van der Waals surface area contributed by atoms with E-state index >= 15 is 0 Å². The highest BCUT2D eigenvalue weighted by Gasteiger charge is 2.29. The highest BCUT2D eigenvalue weighted by atomic mass is 16.2. The number of aryl methyl sites for hydroxylation is 2. The van der Waals surface area contributed by atoms with Gasteiger partial charge < -0.3 is 15.2 Å². The van der Waals surface area contributed by atoms with E-state index < -0.39 is 0 Å². The number of rotatable bonds is 4. The lowest BCUT2D eigenvalue weighted by atomic mass is 10.1. The van der Waals surface area contributed by atoms with Crippen LogP contribution in [0.1, 0.15) is 29.7 Å². The molecule has 1 fully saturated rings. The summed E-state index contributed by atoms with van der Waals surface area (Å²) in [7, 11) is 0. The molecule has 0 bridgehead atoms. The van der Waals surface area contributed by atoms with Gasteiger partial charge in [0, 0.05) is 35.9 Å². The minimum absolute atomic E-state index is 0.00492. The first-order chi connectivity index (χ1) is 12.6. The Balaban J connectivity index is 1.40. The molecule has 1 aromatic carbocycles. The van der Waals surface area contributed by atoms with E-state index in [1.807, 2.05) is 11.1 Å². The maximum Gasteiger partial charge on any atom is 0.317 e. The molecule has 1 saturated heterocycles. The zero-order valence-corrected chi connectivity index (χ0v) is 15.2. The Morgan fingerprint density at radius 2 is 2.27 bits per heavy atom. The van der Waals surface area contributed by atoms with Crippen molar-refractivity contribution < 1.29 is 4.79 Å². The molecule has 1 aliphatic rings. The quantitative estimate of drug-likeness (QED) is 0.758. The van der Waals surface area contributed by atoms with Crippen LogP contribution < -0.4 is 5.32 Å². The van der Waals surface area contributed by atoms with Crippen LogP contribution in [0.15, 0.2) is 30.6 Å². The molecule has 2 N–H and O–H groups in total. The van der Waals surface area contributed by atoms with Crippen molar-refractivity contribution in [1.82, 2.24) is 30.2 Å². The normalized spacial score (nSPS) is 17.2. The molecule has 26 heavy (non-hydrogen) atoms. The lowest BCUT2D eigenvalue weighted by Gasteiger charge is -2.24. The minimum Gasteiger partial charge on any atom is -0.358 e. The van der Waals surface area contributed by atoms with Crippen LogP contribution in [0, 0.1) is 13.8 Å². The Hall–Kier alpha value is -2.83. The first kappa shape index (κ1) is 16.6. The Kier molecular flexibility index (Phi) is 4.36. The third-order valence-corrected chi connectivity index (χ3v) is 5.32. The lowest BCUT2D eigenvalue weighted by molar-refractivity contribution is 0.185. The van der Waals surface area contributed by atoms with Crippen LogP contribution in [0.4, 0.5) is 4.79 Å². The van der Waals surface area contributed by atoms with Crippen LogP contribution in [0.2, 0.25) is 0 Å². The zero-order valence-electron chi connectivity index (χ0n) is 15.2. The summed E-state index contributed by atoms with van der Waals surface area (Å²) in [6.07, 6.45) is 5.53. The highest BCUT2D eigenvalue weighted by molar-refractivity contribution is 5.85. The molecule has 1 aliphatic heterocycles. The first-order valence-corrected chi connectivity index (χ1v) is 9.08. The fourth-order valence-corrected chi connectivity index (χ4v) is 3.74. The van der Waals surface area contributed by atoms with Crippen LogP contribution in [0.3, 0.4) is 0 Å². The first-order valence-electron chi connectivity index (χ1n) is 9.08. The third-order valence-electron chi connectivity index (χ3n) is 5.32. The number of likely N-dealkylation sites (tertiary alicyclic amines) is 1. The van der Waals surface area contributed by atoms with E-state index in [1.54, 1.807) is 10.9 Å². The molecule has 136 valence electrons. The predicted octanol–water partition coefficient (Wildman–Crippen LogP) is 2.75. The van der Waals surface area contributed by atoms with Crippen molar-refractivity contribution in [3.8, 4) is 0 Å². The Morgan fingerprint density at radius 1 is 1.38 bits per heavy atom. The van der Waals surface area contributed by atoms with Gasteiger partial charge in [0.1, 0.15) is 0 Å². The minimum atomic E-state index is -0.00492. The van der Waals surface area contributed by atoms with Crippen LogP contribution in [-0.4, -0.2) is 43.5 Å². The van der Waals surface area contributed by atoms with Crippen molar-refractivity contribution in [2.24, 2.45) is 0 Å². The molecule has 7 nitrogen and oxygen atoms in total. The van der Waals surface area contributed by atoms with E-state index in [1.165, 1.54) is 16.6 Å². The number of nitrogens with zero attached hydrogens (tertiary/aromatic N) is 4. The Labute approximate surface area is 152 Å². The number of benzene rings is 1. The number of aromatic amines is 1. The van der Waals surface area contributed by atoms with Crippen molar-refractivity contribution >= 4 is 16.9 Å². The number of urea groups is 1.